The number of aldehydes is 1. The van der Waals surface area contributed by atoms with Crippen LogP contribution in [-0.4, -0.2) is 11.3 Å². The fraction of sp³-hybridized carbons (Fsp3) is 0. The minimum atomic E-state index is -0.640. The van der Waals surface area contributed by atoms with Crippen LogP contribution in [0.3, 0.4) is 0 Å². The molecule has 0 amide bonds. The van der Waals surface area contributed by atoms with E-state index >= 15 is 0 Å². The maximum absolute atomic E-state index is 13.0. The second-order valence-electron chi connectivity index (χ2n) is 3.09. The molecule has 2 nitrogen and oxygen atoms in total. The number of nitrogens with zero attached hydrogens (tertiary/aromatic N) is 1. The number of rotatable bonds is 2. The smallest absolute Gasteiger partial charge is 0.214 e. The van der Waals surface area contributed by atoms with Crippen LogP contribution in [0.15, 0.2) is 42.5 Å². The molecule has 0 aliphatic heterocycles. The summed E-state index contributed by atoms with van der Waals surface area (Å²) in [5.41, 5.74) is 1.55. The number of carbonyl (C=O) groups is 1. The van der Waals surface area contributed by atoms with E-state index in [0.29, 0.717) is 17.5 Å². The van der Waals surface area contributed by atoms with Crippen LogP contribution in [0.2, 0.25) is 0 Å². The normalized spacial score (nSPS) is 9.93. The van der Waals surface area contributed by atoms with Crippen molar-refractivity contribution < 1.29 is 9.18 Å². The Kier molecular flexibility index (Phi) is 2.54. The number of hydrogen-bond acceptors (Lipinski definition) is 2. The Labute approximate surface area is 86.4 Å². The lowest BCUT2D eigenvalue weighted by Gasteiger charge is -2.01. The van der Waals surface area contributed by atoms with E-state index < -0.39 is 5.95 Å². The van der Waals surface area contributed by atoms with Crippen molar-refractivity contribution in [2.24, 2.45) is 0 Å². The van der Waals surface area contributed by atoms with Crippen molar-refractivity contribution >= 4 is 6.29 Å². The lowest BCUT2D eigenvalue weighted by molar-refractivity contribution is 0.112. The maximum Gasteiger partial charge on any atom is 0.214 e. The maximum atomic E-state index is 13.0. The summed E-state index contributed by atoms with van der Waals surface area (Å²) in [5.74, 6) is -0.640. The third kappa shape index (κ3) is 2.07. The summed E-state index contributed by atoms with van der Waals surface area (Å²) in [7, 11) is 0. The number of aromatic nitrogens is 1. The van der Waals surface area contributed by atoms with Crippen molar-refractivity contribution in [3.8, 4) is 11.3 Å². The number of hydrogen-bond donors (Lipinski definition) is 0. The fourth-order valence-electron chi connectivity index (χ4n) is 1.34. The Morgan fingerprint density at radius 1 is 1.13 bits per heavy atom. The molecule has 0 radical (unpaired) electrons. The zero-order valence-electron chi connectivity index (χ0n) is 7.85. The molecule has 0 saturated carbocycles. The van der Waals surface area contributed by atoms with Crippen molar-refractivity contribution in [2.45, 2.75) is 0 Å². The zero-order chi connectivity index (χ0) is 10.7. The van der Waals surface area contributed by atoms with Gasteiger partial charge in [-0.2, -0.15) is 4.39 Å². The lowest BCUT2D eigenvalue weighted by Crippen LogP contribution is -1.91. The minimum absolute atomic E-state index is 0.293. The van der Waals surface area contributed by atoms with Crippen LogP contribution in [0.25, 0.3) is 11.3 Å². The second-order valence-corrected chi connectivity index (χ2v) is 3.09. The second kappa shape index (κ2) is 4.00. The minimum Gasteiger partial charge on any atom is -0.298 e. The lowest BCUT2D eigenvalue weighted by atomic mass is 10.1. The summed E-state index contributed by atoms with van der Waals surface area (Å²) in [6.07, 6.45) is 0.608. The predicted molar refractivity (Wildman–Crippen MR) is 55.0 cm³/mol. The van der Waals surface area contributed by atoms with E-state index in [0.717, 1.165) is 11.6 Å². The first-order chi connectivity index (χ1) is 7.29. The van der Waals surface area contributed by atoms with Crippen molar-refractivity contribution in [3.63, 3.8) is 0 Å². The molecule has 1 heterocycles. The molecule has 1 aromatic carbocycles. The van der Waals surface area contributed by atoms with E-state index in [4.69, 9.17) is 0 Å². The standard InChI is InChI=1S/C12H8FNO/c13-12-7-9(8-15)6-11(14-12)10-4-2-1-3-5-10/h1-8H. The number of halogens is 1. The van der Waals surface area contributed by atoms with E-state index in [1.807, 2.05) is 30.3 Å². The molecule has 0 atom stereocenters. The molecule has 0 bridgehead atoms. The third-order valence-corrected chi connectivity index (χ3v) is 2.02. The average Bonchev–Trinajstić information content (AvgIpc) is 2.29. The van der Waals surface area contributed by atoms with E-state index in [1.165, 1.54) is 0 Å². The third-order valence-electron chi connectivity index (χ3n) is 2.02. The number of carbonyl (C=O) groups excluding carboxylic acids is 1. The van der Waals surface area contributed by atoms with Crippen LogP contribution in [0.5, 0.6) is 0 Å². The van der Waals surface area contributed by atoms with Gasteiger partial charge in [0.05, 0.1) is 5.69 Å². The molecule has 74 valence electrons. The first kappa shape index (κ1) is 9.52. The molecule has 0 N–H and O–H groups in total. The largest absolute Gasteiger partial charge is 0.298 e. The van der Waals surface area contributed by atoms with Gasteiger partial charge in [0, 0.05) is 17.2 Å². The monoisotopic (exact) mass is 201 g/mol. The van der Waals surface area contributed by atoms with Gasteiger partial charge in [-0.15, -0.1) is 0 Å². The molecule has 3 heteroatoms. The molecule has 0 fully saturated rings. The SMILES string of the molecule is O=Cc1cc(F)nc(-c2ccccc2)c1. The van der Waals surface area contributed by atoms with E-state index in [9.17, 15) is 9.18 Å². The Morgan fingerprint density at radius 2 is 1.87 bits per heavy atom. The molecule has 0 unspecified atom stereocenters. The first-order valence-corrected chi connectivity index (χ1v) is 4.48. The summed E-state index contributed by atoms with van der Waals surface area (Å²) in [5, 5.41) is 0. The van der Waals surface area contributed by atoms with Crippen LogP contribution in [0.4, 0.5) is 4.39 Å². The predicted octanol–water partition coefficient (Wildman–Crippen LogP) is 2.70. The van der Waals surface area contributed by atoms with Gasteiger partial charge >= 0.3 is 0 Å². The highest BCUT2D eigenvalue weighted by molar-refractivity contribution is 5.77. The van der Waals surface area contributed by atoms with Gasteiger partial charge in [-0.05, 0) is 6.07 Å². The van der Waals surface area contributed by atoms with Crippen LogP contribution in [-0.2, 0) is 0 Å². The van der Waals surface area contributed by atoms with Crippen LogP contribution < -0.4 is 0 Å². The van der Waals surface area contributed by atoms with Gasteiger partial charge in [-0.3, -0.25) is 4.79 Å². The number of pyridine rings is 1. The van der Waals surface area contributed by atoms with Gasteiger partial charge in [0.25, 0.3) is 0 Å². The molecule has 0 aliphatic carbocycles. The molecular weight excluding hydrogens is 193 g/mol. The molecule has 15 heavy (non-hydrogen) atoms. The van der Waals surface area contributed by atoms with Crippen LogP contribution in [0.1, 0.15) is 10.4 Å². The Bertz CT molecular complexity index is 482. The molecular formula is C12H8FNO. The highest BCUT2D eigenvalue weighted by Crippen LogP contribution is 2.17. The molecule has 0 aliphatic rings. The van der Waals surface area contributed by atoms with Gasteiger partial charge in [0.15, 0.2) is 0 Å². The molecule has 0 saturated heterocycles. The van der Waals surface area contributed by atoms with E-state index in [-0.39, 0.29) is 0 Å². The van der Waals surface area contributed by atoms with Crippen molar-refractivity contribution in [2.75, 3.05) is 0 Å². The summed E-state index contributed by atoms with van der Waals surface area (Å²) in [6, 6.07) is 11.8. The van der Waals surface area contributed by atoms with Crippen molar-refractivity contribution in [1.82, 2.24) is 4.98 Å². The average molecular weight is 201 g/mol. The summed E-state index contributed by atoms with van der Waals surface area (Å²) in [6.45, 7) is 0. The van der Waals surface area contributed by atoms with Crippen molar-refractivity contribution in [3.05, 3.63) is 54.0 Å². The number of benzene rings is 1. The van der Waals surface area contributed by atoms with Crippen molar-refractivity contribution in [1.29, 1.82) is 0 Å². The summed E-state index contributed by atoms with van der Waals surface area (Å²) < 4.78 is 13.0. The zero-order valence-corrected chi connectivity index (χ0v) is 7.85. The quantitative estimate of drug-likeness (QED) is 0.552. The Balaban J connectivity index is 2.53. The topological polar surface area (TPSA) is 30.0 Å². The van der Waals surface area contributed by atoms with E-state index in [2.05, 4.69) is 4.98 Å². The molecule has 0 spiro atoms. The van der Waals surface area contributed by atoms with Gasteiger partial charge in [0.2, 0.25) is 5.95 Å². The molecule has 1 aromatic heterocycles. The van der Waals surface area contributed by atoms with E-state index in [1.54, 1.807) is 6.07 Å². The van der Waals surface area contributed by atoms with Crippen LogP contribution in [0, 0.1) is 5.95 Å². The summed E-state index contributed by atoms with van der Waals surface area (Å²) in [4.78, 5) is 14.3. The first-order valence-electron chi connectivity index (χ1n) is 4.48. The highest BCUT2D eigenvalue weighted by Gasteiger charge is 2.03. The Morgan fingerprint density at radius 3 is 2.53 bits per heavy atom. The fourth-order valence-corrected chi connectivity index (χ4v) is 1.34. The molecule has 2 aromatic rings. The van der Waals surface area contributed by atoms with Gasteiger partial charge in [-0.25, -0.2) is 4.98 Å². The Hall–Kier alpha value is -2.03. The van der Waals surface area contributed by atoms with Gasteiger partial charge < -0.3 is 0 Å². The summed E-state index contributed by atoms with van der Waals surface area (Å²) >= 11 is 0. The van der Waals surface area contributed by atoms with Gasteiger partial charge in [-0.1, -0.05) is 30.3 Å². The molecule has 2 rings (SSSR count). The van der Waals surface area contributed by atoms with Gasteiger partial charge in [0.1, 0.15) is 6.29 Å². The van der Waals surface area contributed by atoms with Crippen LogP contribution >= 0.6 is 0 Å². The highest BCUT2D eigenvalue weighted by atomic mass is 19.1.